The standard InChI is InChI=1S/C28H39F2N5O3/c29-21-16-20(31-23-7-9-26(36)33-28(23)38)6-8-24(21)35-15-12-25(22(30)17-35)34-13-10-18(11-14-34)27(37)32-19-4-2-1-3-5-19/h6,8,16,18-19,22-23,25,31H,1-5,7,9-15,17H2,(H,32,37)(H,33,36,38). The highest BCUT2D eigenvalue weighted by atomic mass is 19.1. The summed E-state index contributed by atoms with van der Waals surface area (Å²) in [5.41, 5.74) is 0.792. The normalized spacial score (nSPS) is 28.2. The summed E-state index contributed by atoms with van der Waals surface area (Å²) in [4.78, 5) is 40.0. The number of hydrogen-bond acceptors (Lipinski definition) is 6. The minimum atomic E-state index is -1.11. The fourth-order valence-electron chi connectivity index (χ4n) is 6.47. The number of rotatable bonds is 6. The minimum Gasteiger partial charge on any atom is -0.374 e. The lowest BCUT2D eigenvalue weighted by Gasteiger charge is -2.44. The number of amides is 3. The number of alkyl halides is 1. The zero-order chi connectivity index (χ0) is 26.6. The van der Waals surface area contributed by atoms with Crippen molar-refractivity contribution in [2.75, 3.05) is 36.4 Å². The Labute approximate surface area is 222 Å². The number of imide groups is 1. The van der Waals surface area contributed by atoms with Crippen LogP contribution in [0.25, 0.3) is 0 Å². The number of halogens is 2. The van der Waals surface area contributed by atoms with Gasteiger partial charge in [0.2, 0.25) is 17.7 Å². The molecule has 8 nitrogen and oxygen atoms in total. The van der Waals surface area contributed by atoms with E-state index in [-0.39, 0.29) is 36.7 Å². The Hall–Kier alpha value is -2.75. The summed E-state index contributed by atoms with van der Waals surface area (Å²) in [6.45, 7) is 2.08. The van der Waals surface area contributed by atoms with Crippen molar-refractivity contribution in [3.05, 3.63) is 24.0 Å². The first-order valence-electron chi connectivity index (χ1n) is 14.2. The summed E-state index contributed by atoms with van der Waals surface area (Å²) in [7, 11) is 0. The average molecular weight is 532 g/mol. The Morgan fingerprint density at radius 1 is 0.974 bits per heavy atom. The van der Waals surface area contributed by atoms with E-state index in [1.54, 1.807) is 17.0 Å². The number of nitrogens with zero attached hydrogens (tertiary/aromatic N) is 2. The minimum absolute atomic E-state index is 0.00715. The summed E-state index contributed by atoms with van der Waals surface area (Å²) < 4.78 is 30.4. The zero-order valence-electron chi connectivity index (χ0n) is 21.9. The van der Waals surface area contributed by atoms with Crippen LogP contribution in [0.2, 0.25) is 0 Å². The van der Waals surface area contributed by atoms with Crippen LogP contribution in [0, 0.1) is 11.7 Å². The molecule has 0 bridgehead atoms. The second-order valence-electron chi connectivity index (χ2n) is 11.3. The quantitative estimate of drug-likeness (QED) is 0.489. The van der Waals surface area contributed by atoms with Crippen molar-refractivity contribution in [2.24, 2.45) is 5.92 Å². The number of benzene rings is 1. The molecule has 0 radical (unpaired) electrons. The van der Waals surface area contributed by atoms with Gasteiger partial charge in [0.1, 0.15) is 18.0 Å². The second kappa shape index (κ2) is 12.0. The number of carbonyl (C=O) groups is 3. The molecule has 3 atom stereocenters. The Balaban J connectivity index is 1.10. The van der Waals surface area contributed by atoms with Gasteiger partial charge in [-0.2, -0.15) is 0 Å². The predicted molar refractivity (Wildman–Crippen MR) is 141 cm³/mol. The van der Waals surface area contributed by atoms with Gasteiger partial charge in [-0.25, -0.2) is 8.78 Å². The molecule has 3 saturated heterocycles. The van der Waals surface area contributed by atoms with Crippen LogP contribution in [0.4, 0.5) is 20.2 Å². The van der Waals surface area contributed by atoms with Crippen LogP contribution in [-0.4, -0.2) is 73.1 Å². The number of hydrogen-bond donors (Lipinski definition) is 3. The summed E-state index contributed by atoms with van der Waals surface area (Å²) in [6, 6.07) is 4.13. The highest BCUT2D eigenvalue weighted by Crippen LogP contribution is 2.31. The topological polar surface area (TPSA) is 93.8 Å². The van der Waals surface area contributed by atoms with Crippen molar-refractivity contribution in [3.8, 4) is 0 Å². The molecule has 4 fully saturated rings. The van der Waals surface area contributed by atoms with Gasteiger partial charge in [0.05, 0.1) is 12.2 Å². The maximum Gasteiger partial charge on any atom is 0.249 e. The van der Waals surface area contributed by atoms with Gasteiger partial charge in [-0.05, 0) is 69.8 Å². The smallest absolute Gasteiger partial charge is 0.249 e. The third-order valence-corrected chi connectivity index (χ3v) is 8.70. The van der Waals surface area contributed by atoms with Crippen LogP contribution < -0.4 is 20.9 Å². The number of piperidine rings is 3. The van der Waals surface area contributed by atoms with Crippen molar-refractivity contribution in [3.63, 3.8) is 0 Å². The van der Waals surface area contributed by atoms with Crippen LogP contribution in [0.15, 0.2) is 18.2 Å². The first-order chi connectivity index (χ1) is 18.4. The molecule has 208 valence electrons. The van der Waals surface area contributed by atoms with Crippen LogP contribution in [0.3, 0.4) is 0 Å². The molecule has 1 aromatic rings. The molecule has 3 heterocycles. The molecule has 3 N–H and O–H groups in total. The molecule has 1 saturated carbocycles. The van der Waals surface area contributed by atoms with E-state index in [4.69, 9.17) is 0 Å². The van der Waals surface area contributed by atoms with E-state index in [2.05, 4.69) is 20.9 Å². The first kappa shape index (κ1) is 26.8. The summed E-state index contributed by atoms with van der Waals surface area (Å²) in [5, 5.41) is 8.50. The molecule has 3 unspecified atom stereocenters. The maximum atomic E-state index is 15.4. The lowest BCUT2D eigenvalue weighted by atomic mass is 9.90. The van der Waals surface area contributed by atoms with E-state index in [0.29, 0.717) is 49.9 Å². The molecule has 1 aliphatic carbocycles. The Morgan fingerprint density at radius 2 is 1.74 bits per heavy atom. The molecule has 3 aliphatic heterocycles. The number of likely N-dealkylation sites (tertiary alicyclic amines) is 1. The summed E-state index contributed by atoms with van der Waals surface area (Å²) in [5.74, 6) is -1.02. The van der Waals surface area contributed by atoms with Crippen LogP contribution >= 0.6 is 0 Å². The van der Waals surface area contributed by atoms with E-state index >= 15 is 8.78 Å². The fourth-order valence-corrected chi connectivity index (χ4v) is 6.47. The Bertz CT molecular complexity index is 1030. The Morgan fingerprint density at radius 3 is 2.42 bits per heavy atom. The third kappa shape index (κ3) is 6.27. The molecular formula is C28H39F2N5O3. The molecular weight excluding hydrogens is 492 g/mol. The van der Waals surface area contributed by atoms with Crippen LogP contribution in [0.1, 0.15) is 64.2 Å². The van der Waals surface area contributed by atoms with Gasteiger partial charge >= 0.3 is 0 Å². The van der Waals surface area contributed by atoms with Gasteiger partial charge in [-0.15, -0.1) is 0 Å². The maximum absolute atomic E-state index is 15.4. The SMILES string of the molecule is O=C1CCC(Nc2ccc(N3CCC(N4CCC(C(=O)NC5CCCCC5)CC4)C(F)C3)c(F)c2)C(=O)N1. The van der Waals surface area contributed by atoms with Crippen LogP contribution in [-0.2, 0) is 14.4 Å². The third-order valence-electron chi connectivity index (χ3n) is 8.70. The largest absolute Gasteiger partial charge is 0.374 e. The van der Waals surface area contributed by atoms with Gasteiger partial charge in [0.15, 0.2) is 0 Å². The molecule has 3 amide bonds. The fraction of sp³-hybridized carbons (Fsp3) is 0.679. The second-order valence-corrected chi connectivity index (χ2v) is 11.3. The summed E-state index contributed by atoms with van der Waals surface area (Å²) in [6.07, 6.45) is 7.36. The van der Waals surface area contributed by atoms with Gasteiger partial charge in [-0.3, -0.25) is 24.6 Å². The molecule has 0 aromatic heterocycles. The van der Waals surface area contributed by atoms with Gasteiger partial charge in [-0.1, -0.05) is 19.3 Å². The lowest BCUT2D eigenvalue weighted by Crippen LogP contribution is -2.55. The first-order valence-corrected chi connectivity index (χ1v) is 14.2. The molecule has 5 rings (SSSR count). The van der Waals surface area contributed by atoms with Gasteiger partial charge < -0.3 is 15.5 Å². The van der Waals surface area contributed by atoms with E-state index in [1.165, 1.54) is 25.3 Å². The molecule has 1 aromatic carbocycles. The Kier molecular flexibility index (Phi) is 8.45. The van der Waals surface area contributed by atoms with Gasteiger partial charge in [0, 0.05) is 36.7 Å². The van der Waals surface area contributed by atoms with Gasteiger partial charge in [0.25, 0.3) is 0 Å². The predicted octanol–water partition coefficient (Wildman–Crippen LogP) is 3.12. The van der Waals surface area contributed by atoms with Crippen LogP contribution in [0.5, 0.6) is 0 Å². The number of carbonyl (C=O) groups excluding carboxylic acids is 3. The van der Waals surface area contributed by atoms with Crippen molar-refractivity contribution in [1.82, 2.24) is 15.5 Å². The highest BCUT2D eigenvalue weighted by Gasteiger charge is 2.37. The van der Waals surface area contributed by atoms with Crippen molar-refractivity contribution in [2.45, 2.75) is 88.5 Å². The molecule has 0 spiro atoms. The van der Waals surface area contributed by atoms with E-state index in [0.717, 1.165) is 25.7 Å². The summed E-state index contributed by atoms with van der Waals surface area (Å²) >= 11 is 0. The molecule has 4 aliphatic rings. The highest BCUT2D eigenvalue weighted by molar-refractivity contribution is 6.01. The monoisotopic (exact) mass is 531 g/mol. The zero-order valence-corrected chi connectivity index (χ0v) is 21.9. The lowest BCUT2D eigenvalue weighted by molar-refractivity contribution is -0.133. The van der Waals surface area contributed by atoms with Crippen molar-refractivity contribution < 1.29 is 23.2 Å². The number of nitrogens with one attached hydrogen (secondary N) is 3. The average Bonchev–Trinajstić information content (AvgIpc) is 2.91. The molecule has 38 heavy (non-hydrogen) atoms. The van der Waals surface area contributed by atoms with Crippen molar-refractivity contribution in [1.29, 1.82) is 0 Å². The number of anilines is 2. The van der Waals surface area contributed by atoms with E-state index in [9.17, 15) is 14.4 Å². The van der Waals surface area contributed by atoms with E-state index in [1.807, 2.05) is 0 Å². The van der Waals surface area contributed by atoms with E-state index < -0.39 is 23.9 Å². The van der Waals surface area contributed by atoms with Crippen molar-refractivity contribution >= 4 is 29.1 Å². The molecule has 10 heteroatoms.